The minimum Gasteiger partial charge on any atom is -0.497 e. The van der Waals surface area contributed by atoms with Crippen LogP contribution in [0.3, 0.4) is 0 Å². The first-order valence-electron chi connectivity index (χ1n) is 12.1. The van der Waals surface area contributed by atoms with Gasteiger partial charge in [0.25, 0.3) is 10.0 Å². The number of nitrogens with one attached hydrogen (secondary N) is 1. The molecule has 3 aromatic carbocycles. The Kier molecular flexibility index (Phi) is 9.82. The van der Waals surface area contributed by atoms with Gasteiger partial charge in [0.2, 0.25) is 11.8 Å². The smallest absolute Gasteiger partial charge is 0.264 e. The molecule has 0 aliphatic heterocycles. The second kappa shape index (κ2) is 12.9. The Bertz CT molecular complexity index is 1410. The van der Waals surface area contributed by atoms with Crippen LogP contribution in [0.25, 0.3) is 0 Å². The Balaban J connectivity index is 2.05. The summed E-state index contributed by atoms with van der Waals surface area (Å²) >= 11 is 6.33. The number of benzene rings is 3. The maximum absolute atomic E-state index is 13.8. The molecule has 0 aliphatic carbocycles. The van der Waals surface area contributed by atoms with Crippen LogP contribution < -0.4 is 19.1 Å². The molecule has 2 amide bonds. The first-order chi connectivity index (χ1) is 18.5. The van der Waals surface area contributed by atoms with Gasteiger partial charge in [0.05, 0.1) is 29.8 Å². The average molecular weight is 574 g/mol. The van der Waals surface area contributed by atoms with Crippen molar-refractivity contribution in [3.05, 3.63) is 82.9 Å². The standard InChI is InChI=1S/C28H32ClN3O6S/c1-19-6-13-24(14-7-19)39(35,36)32(22-10-15-26(38-5)25(29)16-22)18-27(33)31(20(2)28(34)30-3)17-21-8-11-23(37-4)12-9-21/h6-16,20H,17-18H2,1-5H3,(H,30,34). The minimum atomic E-state index is -4.20. The van der Waals surface area contributed by atoms with Gasteiger partial charge in [0.1, 0.15) is 24.1 Å². The number of carbonyl (C=O) groups is 2. The van der Waals surface area contributed by atoms with Crippen LogP contribution in [0.15, 0.2) is 71.6 Å². The van der Waals surface area contributed by atoms with Crippen LogP contribution in [-0.4, -0.2) is 59.0 Å². The molecule has 1 unspecified atom stereocenters. The lowest BCUT2D eigenvalue weighted by molar-refractivity contribution is -0.139. The molecule has 0 radical (unpaired) electrons. The fraction of sp³-hybridized carbons (Fsp3) is 0.286. The predicted molar refractivity (Wildman–Crippen MR) is 151 cm³/mol. The van der Waals surface area contributed by atoms with Gasteiger partial charge in [-0.2, -0.15) is 0 Å². The Morgan fingerprint density at radius 3 is 2.15 bits per heavy atom. The molecule has 1 atom stereocenters. The molecule has 0 heterocycles. The first-order valence-corrected chi connectivity index (χ1v) is 13.9. The highest BCUT2D eigenvalue weighted by Crippen LogP contribution is 2.32. The number of methoxy groups -OCH3 is 2. The zero-order valence-corrected chi connectivity index (χ0v) is 24.0. The zero-order valence-electron chi connectivity index (χ0n) is 22.5. The van der Waals surface area contributed by atoms with Crippen molar-refractivity contribution in [2.45, 2.75) is 31.3 Å². The molecule has 0 spiro atoms. The number of anilines is 1. The summed E-state index contributed by atoms with van der Waals surface area (Å²) < 4.78 is 39.1. The molecular formula is C28H32ClN3O6S. The van der Waals surface area contributed by atoms with Gasteiger partial charge in [0.15, 0.2) is 0 Å². The highest BCUT2D eigenvalue weighted by Gasteiger charge is 2.32. The number of amides is 2. The van der Waals surface area contributed by atoms with Crippen molar-refractivity contribution in [1.29, 1.82) is 0 Å². The molecule has 3 rings (SSSR count). The third-order valence-corrected chi connectivity index (χ3v) is 8.32. The van der Waals surface area contributed by atoms with Crippen molar-refractivity contribution in [3.63, 3.8) is 0 Å². The van der Waals surface area contributed by atoms with E-state index in [0.717, 1.165) is 15.4 Å². The van der Waals surface area contributed by atoms with E-state index >= 15 is 0 Å². The van der Waals surface area contributed by atoms with Crippen LogP contribution in [-0.2, 0) is 26.2 Å². The fourth-order valence-electron chi connectivity index (χ4n) is 3.90. The van der Waals surface area contributed by atoms with E-state index in [1.54, 1.807) is 50.4 Å². The molecule has 39 heavy (non-hydrogen) atoms. The highest BCUT2D eigenvalue weighted by molar-refractivity contribution is 7.92. The molecule has 208 valence electrons. The first kappa shape index (κ1) is 29.8. The Labute approximate surface area is 234 Å². The molecule has 11 heteroatoms. The van der Waals surface area contributed by atoms with Crippen LogP contribution >= 0.6 is 11.6 Å². The van der Waals surface area contributed by atoms with Crippen molar-refractivity contribution < 1.29 is 27.5 Å². The van der Waals surface area contributed by atoms with E-state index in [1.165, 1.54) is 49.4 Å². The molecule has 0 aliphatic rings. The van der Waals surface area contributed by atoms with E-state index in [4.69, 9.17) is 21.1 Å². The van der Waals surface area contributed by atoms with Crippen LogP contribution in [0.4, 0.5) is 5.69 Å². The number of likely N-dealkylation sites (N-methyl/N-ethyl adjacent to an activating group) is 1. The molecule has 0 fully saturated rings. The number of aryl methyl sites for hydroxylation is 1. The van der Waals surface area contributed by atoms with Crippen LogP contribution in [0.5, 0.6) is 11.5 Å². The van der Waals surface area contributed by atoms with Crippen molar-refractivity contribution in [3.8, 4) is 11.5 Å². The lowest BCUT2D eigenvalue weighted by Crippen LogP contribution is -2.50. The quantitative estimate of drug-likeness (QED) is 0.371. The summed E-state index contributed by atoms with van der Waals surface area (Å²) in [5.41, 5.74) is 1.79. The summed E-state index contributed by atoms with van der Waals surface area (Å²) in [4.78, 5) is 27.7. The minimum absolute atomic E-state index is 0.00824. The zero-order chi connectivity index (χ0) is 28.7. The normalized spacial score (nSPS) is 11.8. The summed E-state index contributed by atoms with van der Waals surface area (Å²) in [5, 5.41) is 2.74. The second-order valence-electron chi connectivity index (χ2n) is 8.80. The van der Waals surface area contributed by atoms with E-state index in [9.17, 15) is 18.0 Å². The summed E-state index contributed by atoms with van der Waals surface area (Å²) in [7, 11) is 0.270. The topological polar surface area (TPSA) is 105 Å². The van der Waals surface area contributed by atoms with Gasteiger partial charge in [-0.05, 0) is 61.9 Å². The number of halogens is 1. The third kappa shape index (κ3) is 7.01. The third-order valence-electron chi connectivity index (χ3n) is 6.24. The van der Waals surface area contributed by atoms with Crippen LogP contribution in [0.1, 0.15) is 18.1 Å². The molecule has 0 saturated heterocycles. The van der Waals surface area contributed by atoms with Gasteiger partial charge < -0.3 is 19.7 Å². The van der Waals surface area contributed by atoms with Gasteiger partial charge in [-0.25, -0.2) is 8.42 Å². The Morgan fingerprint density at radius 1 is 0.974 bits per heavy atom. The van der Waals surface area contributed by atoms with Crippen LogP contribution in [0, 0.1) is 6.92 Å². The highest BCUT2D eigenvalue weighted by atomic mass is 35.5. The lowest BCUT2D eigenvalue weighted by atomic mass is 10.1. The molecule has 1 N–H and O–H groups in total. The average Bonchev–Trinajstić information content (AvgIpc) is 2.94. The maximum Gasteiger partial charge on any atom is 0.264 e. The number of rotatable bonds is 11. The van der Waals surface area contributed by atoms with Gasteiger partial charge >= 0.3 is 0 Å². The Morgan fingerprint density at radius 2 is 1.62 bits per heavy atom. The van der Waals surface area contributed by atoms with E-state index in [-0.39, 0.29) is 22.2 Å². The van der Waals surface area contributed by atoms with Crippen molar-refractivity contribution >= 4 is 39.1 Å². The lowest BCUT2D eigenvalue weighted by Gasteiger charge is -2.32. The number of hydrogen-bond acceptors (Lipinski definition) is 6. The SMILES string of the molecule is CNC(=O)C(C)N(Cc1ccc(OC)cc1)C(=O)CN(c1ccc(OC)c(Cl)c1)S(=O)(=O)c1ccc(C)cc1. The number of nitrogens with zero attached hydrogens (tertiary/aromatic N) is 2. The molecule has 0 saturated carbocycles. The van der Waals surface area contributed by atoms with Gasteiger partial charge in [-0.1, -0.05) is 41.4 Å². The maximum atomic E-state index is 13.8. The number of hydrogen-bond donors (Lipinski definition) is 1. The summed E-state index contributed by atoms with van der Waals surface area (Å²) in [6, 6.07) is 17.0. The van der Waals surface area contributed by atoms with Gasteiger partial charge in [-0.3, -0.25) is 13.9 Å². The molecule has 0 aromatic heterocycles. The summed E-state index contributed by atoms with van der Waals surface area (Å²) in [6.07, 6.45) is 0. The van der Waals surface area contributed by atoms with Crippen molar-refractivity contribution in [2.75, 3.05) is 32.1 Å². The van der Waals surface area contributed by atoms with Crippen LogP contribution in [0.2, 0.25) is 5.02 Å². The fourth-order valence-corrected chi connectivity index (χ4v) is 5.55. The number of sulfonamides is 1. The number of ether oxygens (including phenoxy) is 2. The predicted octanol–water partition coefficient (Wildman–Crippen LogP) is 4.02. The van der Waals surface area contributed by atoms with E-state index in [2.05, 4.69) is 5.32 Å². The molecule has 0 bridgehead atoms. The summed E-state index contributed by atoms with van der Waals surface area (Å²) in [6.45, 7) is 2.93. The van der Waals surface area contributed by atoms with Crippen molar-refractivity contribution in [2.24, 2.45) is 0 Å². The van der Waals surface area contributed by atoms with Crippen molar-refractivity contribution in [1.82, 2.24) is 10.2 Å². The van der Waals surface area contributed by atoms with Gasteiger partial charge in [0, 0.05) is 13.6 Å². The molecule has 9 nitrogen and oxygen atoms in total. The second-order valence-corrected chi connectivity index (χ2v) is 11.1. The molecular weight excluding hydrogens is 542 g/mol. The monoisotopic (exact) mass is 573 g/mol. The van der Waals surface area contributed by atoms with E-state index < -0.39 is 34.4 Å². The van der Waals surface area contributed by atoms with E-state index in [1.807, 2.05) is 6.92 Å². The van der Waals surface area contributed by atoms with E-state index in [0.29, 0.717) is 11.5 Å². The summed E-state index contributed by atoms with van der Waals surface area (Å²) in [5.74, 6) is 0.0263. The Hall–Kier alpha value is -3.76. The number of carbonyl (C=O) groups excluding carboxylic acids is 2. The van der Waals surface area contributed by atoms with Gasteiger partial charge in [-0.15, -0.1) is 0 Å². The molecule has 3 aromatic rings. The largest absolute Gasteiger partial charge is 0.497 e.